The molecule has 2 aromatic rings. The zero-order valence-electron chi connectivity index (χ0n) is 17.2. The number of halogens is 3. The number of nitrogens with one attached hydrogen (secondary N) is 2. The van der Waals surface area contributed by atoms with Gasteiger partial charge in [0, 0.05) is 32.7 Å². The Balaban J connectivity index is 0.00000450. The molecule has 2 aromatic carbocycles. The molecule has 0 spiro atoms. The maximum atomic E-state index is 12.3. The Kier molecular flexibility index (Phi) is 11.1. The van der Waals surface area contributed by atoms with Crippen LogP contribution in [0, 0.1) is 0 Å². The summed E-state index contributed by atoms with van der Waals surface area (Å²) in [6, 6.07) is 14.1. The molecule has 0 heterocycles. The minimum absolute atomic E-state index is 0. The molecule has 0 fully saturated rings. The van der Waals surface area contributed by atoms with Crippen molar-refractivity contribution < 1.29 is 18.3 Å². The molecule has 0 aliphatic heterocycles. The van der Waals surface area contributed by atoms with Crippen molar-refractivity contribution in [2.75, 3.05) is 18.9 Å². The molecule has 9 heteroatoms. The number of hydrogen-bond donors (Lipinski definition) is 2. The third-order valence-electron chi connectivity index (χ3n) is 3.92. The van der Waals surface area contributed by atoms with Gasteiger partial charge in [-0.1, -0.05) is 24.3 Å². The van der Waals surface area contributed by atoms with Crippen molar-refractivity contribution in [3.05, 3.63) is 59.7 Å². The topological polar surface area (TPSA) is 66.0 Å². The van der Waals surface area contributed by atoms with Crippen molar-refractivity contribution >= 4 is 41.5 Å². The number of hydrogen-bond acceptors (Lipinski definition) is 3. The normalized spacial score (nSPS) is 10.9. The second-order valence-electron chi connectivity index (χ2n) is 6.43. The van der Waals surface area contributed by atoms with Gasteiger partial charge in [-0.15, -0.1) is 24.0 Å². The number of benzene rings is 2. The van der Waals surface area contributed by atoms with Gasteiger partial charge in [0.15, 0.2) is 5.96 Å². The molecule has 2 rings (SSSR count). The summed E-state index contributed by atoms with van der Waals surface area (Å²) < 4.78 is 28.9. The van der Waals surface area contributed by atoms with E-state index >= 15 is 0 Å². The van der Waals surface area contributed by atoms with Crippen LogP contribution in [0.25, 0.3) is 0 Å². The van der Waals surface area contributed by atoms with Gasteiger partial charge in [-0.2, -0.15) is 8.78 Å². The highest BCUT2D eigenvalue weighted by molar-refractivity contribution is 14.0. The molecule has 0 aliphatic carbocycles. The Morgan fingerprint density at radius 2 is 1.87 bits per heavy atom. The predicted octanol–water partition coefficient (Wildman–Crippen LogP) is 4.46. The summed E-state index contributed by atoms with van der Waals surface area (Å²) in [4.78, 5) is 17.8. The molecule has 0 radical (unpaired) electrons. The van der Waals surface area contributed by atoms with Gasteiger partial charge in [0.1, 0.15) is 5.75 Å². The molecular weight excluding hydrogens is 505 g/mol. The molecule has 0 saturated heterocycles. The summed E-state index contributed by atoms with van der Waals surface area (Å²) in [5.41, 5.74) is 2.63. The fraction of sp³-hybridized carbons (Fsp3) is 0.333. The zero-order chi connectivity index (χ0) is 21.2. The summed E-state index contributed by atoms with van der Waals surface area (Å²) in [5.74, 6) is 0.722. The maximum absolute atomic E-state index is 12.3. The van der Waals surface area contributed by atoms with E-state index in [0.29, 0.717) is 25.6 Å². The van der Waals surface area contributed by atoms with Crippen LogP contribution >= 0.6 is 24.0 Å². The Bertz CT molecular complexity index is 832. The SMILES string of the molecule is CCNC(=NCc1cccc(NC(C)=O)c1)N(C)Cc1ccc(OC(F)F)cc1.I. The van der Waals surface area contributed by atoms with E-state index in [9.17, 15) is 13.6 Å². The summed E-state index contributed by atoms with van der Waals surface area (Å²) in [6.45, 7) is 2.32. The highest BCUT2D eigenvalue weighted by Gasteiger charge is 2.08. The Morgan fingerprint density at radius 1 is 1.17 bits per heavy atom. The fourth-order valence-corrected chi connectivity index (χ4v) is 2.71. The van der Waals surface area contributed by atoms with Crippen LogP contribution in [-0.2, 0) is 17.9 Å². The smallest absolute Gasteiger partial charge is 0.387 e. The highest BCUT2D eigenvalue weighted by atomic mass is 127. The van der Waals surface area contributed by atoms with Gasteiger partial charge in [0.25, 0.3) is 0 Å². The molecule has 0 aromatic heterocycles. The molecule has 0 atom stereocenters. The number of alkyl halides is 2. The molecule has 164 valence electrons. The zero-order valence-corrected chi connectivity index (χ0v) is 19.5. The number of carbonyl (C=O) groups is 1. The molecule has 0 aliphatic rings. The number of nitrogens with zero attached hydrogens (tertiary/aromatic N) is 2. The van der Waals surface area contributed by atoms with Gasteiger partial charge in [0.2, 0.25) is 5.91 Å². The van der Waals surface area contributed by atoms with E-state index in [4.69, 9.17) is 0 Å². The number of carbonyl (C=O) groups excluding carboxylic acids is 1. The van der Waals surface area contributed by atoms with Gasteiger partial charge >= 0.3 is 6.61 Å². The van der Waals surface area contributed by atoms with Gasteiger partial charge in [-0.05, 0) is 42.3 Å². The van der Waals surface area contributed by atoms with E-state index in [1.54, 1.807) is 12.1 Å². The quantitative estimate of drug-likeness (QED) is 0.300. The molecule has 0 saturated carbocycles. The molecular formula is C21H27F2IN4O2. The first-order valence-electron chi connectivity index (χ1n) is 9.27. The lowest BCUT2D eigenvalue weighted by atomic mass is 10.2. The average molecular weight is 532 g/mol. The summed E-state index contributed by atoms with van der Waals surface area (Å²) in [5, 5.41) is 6.00. The summed E-state index contributed by atoms with van der Waals surface area (Å²) in [7, 11) is 1.90. The largest absolute Gasteiger partial charge is 0.435 e. The van der Waals surface area contributed by atoms with Crippen molar-refractivity contribution in [1.82, 2.24) is 10.2 Å². The number of anilines is 1. The van der Waals surface area contributed by atoms with Crippen molar-refractivity contribution in [2.45, 2.75) is 33.5 Å². The fourth-order valence-electron chi connectivity index (χ4n) is 2.71. The second-order valence-corrected chi connectivity index (χ2v) is 6.43. The Labute approximate surface area is 192 Å². The van der Waals surface area contributed by atoms with Crippen molar-refractivity contribution in [2.24, 2.45) is 4.99 Å². The van der Waals surface area contributed by atoms with E-state index in [0.717, 1.165) is 16.8 Å². The van der Waals surface area contributed by atoms with E-state index in [1.165, 1.54) is 19.1 Å². The second kappa shape index (κ2) is 13.0. The molecule has 30 heavy (non-hydrogen) atoms. The van der Waals surface area contributed by atoms with Crippen LogP contribution in [-0.4, -0.2) is 37.0 Å². The highest BCUT2D eigenvalue weighted by Crippen LogP contribution is 2.16. The average Bonchev–Trinajstić information content (AvgIpc) is 2.66. The standard InChI is InChI=1S/C21H26F2N4O2.HI/c1-4-24-21(25-13-17-6-5-7-18(12-17)26-15(2)28)27(3)14-16-8-10-19(11-9-16)29-20(22)23;/h5-12,20H,4,13-14H2,1-3H3,(H,24,25)(H,26,28);1H. The van der Waals surface area contributed by atoms with Crippen LogP contribution in [0.15, 0.2) is 53.5 Å². The van der Waals surface area contributed by atoms with Crippen LogP contribution in [0.4, 0.5) is 14.5 Å². The Hall–Kier alpha value is -2.43. The lowest BCUT2D eigenvalue weighted by Gasteiger charge is -2.22. The van der Waals surface area contributed by atoms with Crippen LogP contribution in [0.2, 0.25) is 0 Å². The molecule has 2 N–H and O–H groups in total. The van der Waals surface area contributed by atoms with Gasteiger partial charge < -0.3 is 20.3 Å². The monoisotopic (exact) mass is 532 g/mol. The molecule has 0 bridgehead atoms. The first-order chi connectivity index (χ1) is 13.9. The van der Waals surface area contributed by atoms with E-state index in [-0.39, 0.29) is 35.6 Å². The van der Waals surface area contributed by atoms with Gasteiger partial charge in [0.05, 0.1) is 6.54 Å². The third kappa shape index (κ3) is 8.93. The van der Waals surface area contributed by atoms with Gasteiger partial charge in [-0.3, -0.25) is 4.79 Å². The first-order valence-corrected chi connectivity index (χ1v) is 9.27. The minimum atomic E-state index is -2.83. The van der Waals surface area contributed by atoms with Crippen LogP contribution in [0.1, 0.15) is 25.0 Å². The van der Waals surface area contributed by atoms with Gasteiger partial charge in [-0.25, -0.2) is 4.99 Å². The van der Waals surface area contributed by atoms with Crippen molar-refractivity contribution in [1.29, 1.82) is 0 Å². The van der Waals surface area contributed by atoms with Crippen molar-refractivity contribution in [3.63, 3.8) is 0 Å². The van der Waals surface area contributed by atoms with Crippen LogP contribution < -0.4 is 15.4 Å². The van der Waals surface area contributed by atoms with Crippen LogP contribution in [0.5, 0.6) is 5.75 Å². The summed E-state index contributed by atoms with van der Waals surface area (Å²) >= 11 is 0. The number of aliphatic imine (C=N–C) groups is 1. The van der Waals surface area contributed by atoms with E-state index in [2.05, 4.69) is 20.4 Å². The van der Waals surface area contributed by atoms with Crippen LogP contribution in [0.3, 0.4) is 0 Å². The third-order valence-corrected chi connectivity index (χ3v) is 3.92. The molecule has 0 unspecified atom stereocenters. The van der Waals surface area contributed by atoms with E-state index < -0.39 is 6.61 Å². The molecule has 1 amide bonds. The maximum Gasteiger partial charge on any atom is 0.387 e. The molecule has 6 nitrogen and oxygen atoms in total. The van der Waals surface area contributed by atoms with E-state index in [1.807, 2.05) is 43.1 Å². The number of ether oxygens (including phenoxy) is 1. The number of amides is 1. The lowest BCUT2D eigenvalue weighted by Crippen LogP contribution is -2.38. The summed E-state index contributed by atoms with van der Waals surface area (Å²) in [6.07, 6.45) is 0. The Morgan fingerprint density at radius 3 is 2.47 bits per heavy atom. The number of guanidine groups is 1. The van der Waals surface area contributed by atoms with Crippen molar-refractivity contribution in [3.8, 4) is 5.75 Å². The number of rotatable bonds is 8. The first kappa shape index (κ1) is 25.6. The lowest BCUT2D eigenvalue weighted by molar-refractivity contribution is -0.114. The predicted molar refractivity (Wildman–Crippen MR) is 126 cm³/mol. The minimum Gasteiger partial charge on any atom is -0.435 e.